The van der Waals surface area contributed by atoms with E-state index in [4.69, 9.17) is 25.8 Å². The van der Waals surface area contributed by atoms with Gasteiger partial charge in [0.25, 0.3) is 11.6 Å². The van der Waals surface area contributed by atoms with E-state index in [1.54, 1.807) is 12.1 Å². The van der Waals surface area contributed by atoms with Gasteiger partial charge in [-0.15, -0.1) is 11.6 Å². The number of carbonyl (C=O) groups is 2. The highest BCUT2D eigenvalue weighted by atomic mass is 35.5. The maximum Gasteiger partial charge on any atom is 0.328 e. The molecular weight excluding hydrogens is 416 g/mol. The molecule has 0 saturated carbocycles. The summed E-state index contributed by atoms with van der Waals surface area (Å²) in [5.41, 5.74) is -0.448. The molecule has 0 spiro atoms. The van der Waals surface area contributed by atoms with Crippen LogP contribution < -0.4 is 9.47 Å². The summed E-state index contributed by atoms with van der Waals surface area (Å²) in [7, 11) is 2.72. The molecule has 9 nitrogen and oxygen atoms in total. The first-order valence-electron chi connectivity index (χ1n) is 9.29. The molecule has 0 bridgehead atoms. The molecule has 1 saturated heterocycles. The van der Waals surface area contributed by atoms with Gasteiger partial charge in [-0.1, -0.05) is 0 Å². The average molecular weight is 437 g/mol. The highest BCUT2D eigenvalue weighted by molar-refractivity contribution is 6.18. The molecule has 3 rings (SSSR count). The number of hydrogen-bond donors (Lipinski definition) is 0. The molecule has 1 fully saturated rings. The second kappa shape index (κ2) is 9.17. The maximum absolute atomic E-state index is 13.2. The number of nitro benzene ring substituents is 1. The zero-order chi connectivity index (χ0) is 21.8. The number of ether oxygens (including phenoxy) is 3. The van der Waals surface area contributed by atoms with Crippen LogP contribution in [0.25, 0.3) is 10.8 Å². The van der Waals surface area contributed by atoms with Gasteiger partial charge in [0.15, 0.2) is 11.5 Å². The first-order chi connectivity index (χ1) is 14.4. The Morgan fingerprint density at radius 3 is 2.53 bits per heavy atom. The minimum absolute atomic E-state index is 0.0974. The van der Waals surface area contributed by atoms with E-state index in [1.807, 2.05) is 0 Å². The lowest BCUT2D eigenvalue weighted by atomic mass is 10.0. The Balaban J connectivity index is 2.09. The fourth-order valence-electron chi connectivity index (χ4n) is 3.58. The van der Waals surface area contributed by atoms with Crippen molar-refractivity contribution in [3.8, 4) is 11.5 Å². The number of carbonyl (C=O) groups excluding carboxylic acids is 2. The summed E-state index contributed by atoms with van der Waals surface area (Å²) in [4.78, 5) is 37.6. The third-order valence-corrected chi connectivity index (χ3v) is 5.14. The van der Waals surface area contributed by atoms with Crippen LogP contribution in [0.3, 0.4) is 0 Å². The van der Waals surface area contributed by atoms with Crippen LogP contribution in [0.4, 0.5) is 5.69 Å². The number of fused-ring (bicyclic) bond motifs is 1. The first kappa shape index (κ1) is 21.6. The third kappa shape index (κ3) is 4.11. The van der Waals surface area contributed by atoms with Gasteiger partial charge in [0.1, 0.15) is 18.2 Å². The lowest BCUT2D eigenvalue weighted by Crippen LogP contribution is -2.41. The van der Waals surface area contributed by atoms with E-state index in [0.29, 0.717) is 41.7 Å². The molecule has 2 aromatic carbocycles. The maximum atomic E-state index is 13.2. The van der Waals surface area contributed by atoms with Crippen molar-refractivity contribution in [1.29, 1.82) is 0 Å². The number of amides is 1. The Morgan fingerprint density at radius 2 is 1.90 bits per heavy atom. The first-order valence-corrected chi connectivity index (χ1v) is 9.82. The minimum Gasteiger partial charge on any atom is -0.493 e. The average Bonchev–Trinajstić information content (AvgIpc) is 3.24. The number of rotatable bonds is 7. The van der Waals surface area contributed by atoms with Gasteiger partial charge in [0.2, 0.25) is 0 Å². The standard InChI is InChI=1S/C20H21ClN2O7/c1-28-17-10-12-8-14(19(24)22-6-3-4-15(22)20(25)29-2)16(23(26)27)9-13(12)11-18(17)30-7-5-21/h8-11,15H,3-7H2,1-2H3/t15-/m0/s1. The van der Waals surface area contributed by atoms with Gasteiger partial charge in [0, 0.05) is 12.6 Å². The van der Waals surface area contributed by atoms with Crippen molar-refractivity contribution in [2.45, 2.75) is 18.9 Å². The summed E-state index contributed by atoms with van der Waals surface area (Å²) in [5.74, 6) is -0.0471. The number of nitrogens with zero attached hydrogens (tertiary/aromatic N) is 2. The highest BCUT2D eigenvalue weighted by Crippen LogP contribution is 2.36. The van der Waals surface area contributed by atoms with E-state index in [2.05, 4.69) is 0 Å². The fraction of sp³-hybridized carbons (Fsp3) is 0.400. The summed E-state index contributed by atoms with van der Waals surface area (Å²) in [5, 5.41) is 12.8. The van der Waals surface area contributed by atoms with Crippen molar-refractivity contribution < 1.29 is 28.7 Å². The molecule has 1 aliphatic heterocycles. The minimum atomic E-state index is -0.751. The smallest absolute Gasteiger partial charge is 0.328 e. The SMILES string of the molecule is COC(=O)[C@@H]1CCCN1C(=O)c1cc2cc(OC)c(OCCCl)cc2cc1[N+](=O)[O-]. The summed E-state index contributed by atoms with van der Waals surface area (Å²) in [6.07, 6.45) is 1.07. The van der Waals surface area contributed by atoms with E-state index < -0.39 is 22.8 Å². The van der Waals surface area contributed by atoms with Crippen molar-refractivity contribution in [3.63, 3.8) is 0 Å². The van der Waals surface area contributed by atoms with Gasteiger partial charge < -0.3 is 19.1 Å². The van der Waals surface area contributed by atoms with Crippen molar-refractivity contribution >= 4 is 39.9 Å². The van der Waals surface area contributed by atoms with Crippen LogP contribution in [-0.4, -0.2) is 61.0 Å². The molecule has 1 amide bonds. The van der Waals surface area contributed by atoms with E-state index >= 15 is 0 Å². The van der Waals surface area contributed by atoms with Gasteiger partial charge in [0.05, 0.1) is 25.0 Å². The molecule has 0 unspecified atom stereocenters. The van der Waals surface area contributed by atoms with Crippen LogP contribution in [0, 0.1) is 10.1 Å². The topological polar surface area (TPSA) is 108 Å². The number of halogens is 1. The van der Waals surface area contributed by atoms with Gasteiger partial charge in [-0.25, -0.2) is 4.79 Å². The van der Waals surface area contributed by atoms with Crippen LogP contribution in [0.1, 0.15) is 23.2 Å². The number of likely N-dealkylation sites (tertiary alicyclic amines) is 1. The molecule has 0 radical (unpaired) electrons. The molecule has 1 atom stereocenters. The normalized spacial score (nSPS) is 15.8. The van der Waals surface area contributed by atoms with Crippen LogP contribution in [-0.2, 0) is 9.53 Å². The highest BCUT2D eigenvalue weighted by Gasteiger charge is 2.37. The predicted molar refractivity (Wildman–Crippen MR) is 109 cm³/mol. The summed E-state index contributed by atoms with van der Waals surface area (Å²) in [6.45, 7) is 0.564. The van der Waals surface area contributed by atoms with Crippen LogP contribution in [0.15, 0.2) is 24.3 Å². The van der Waals surface area contributed by atoms with Crippen molar-refractivity contribution in [3.05, 3.63) is 39.9 Å². The predicted octanol–water partition coefficient (Wildman–Crippen LogP) is 3.15. The van der Waals surface area contributed by atoms with E-state index in [9.17, 15) is 19.7 Å². The Morgan fingerprint density at radius 1 is 1.20 bits per heavy atom. The summed E-state index contributed by atoms with van der Waals surface area (Å²) < 4.78 is 15.6. The zero-order valence-electron chi connectivity index (χ0n) is 16.6. The molecule has 30 heavy (non-hydrogen) atoms. The molecule has 1 heterocycles. The largest absolute Gasteiger partial charge is 0.493 e. The molecule has 0 aliphatic carbocycles. The summed E-state index contributed by atoms with van der Waals surface area (Å²) in [6, 6.07) is 5.25. The van der Waals surface area contributed by atoms with E-state index in [-0.39, 0.29) is 23.7 Å². The lowest BCUT2D eigenvalue weighted by molar-refractivity contribution is -0.385. The molecule has 160 valence electrons. The Hall–Kier alpha value is -3.07. The van der Waals surface area contributed by atoms with E-state index in [1.165, 1.54) is 31.3 Å². The number of esters is 1. The fourth-order valence-corrected chi connectivity index (χ4v) is 3.66. The molecule has 10 heteroatoms. The van der Waals surface area contributed by atoms with Gasteiger partial charge in [-0.2, -0.15) is 0 Å². The monoisotopic (exact) mass is 436 g/mol. The second-order valence-electron chi connectivity index (χ2n) is 6.69. The van der Waals surface area contributed by atoms with Gasteiger partial charge >= 0.3 is 5.97 Å². The van der Waals surface area contributed by atoms with E-state index in [0.717, 1.165) is 0 Å². The van der Waals surface area contributed by atoms with Crippen LogP contribution >= 0.6 is 11.6 Å². The lowest BCUT2D eigenvalue weighted by Gasteiger charge is -2.22. The van der Waals surface area contributed by atoms with Crippen molar-refractivity contribution in [1.82, 2.24) is 4.90 Å². The van der Waals surface area contributed by atoms with Gasteiger partial charge in [-0.3, -0.25) is 14.9 Å². The zero-order valence-corrected chi connectivity index (χ0v) is 17.3. The van der Waals surface area contributed by atoms with Crippen LogP contribution in [0.2, 0.25) is 0 Å². The quantitative estimate of drug-likeness (QED) is 0.284. The molecule has 0 aromatic heterocycles. The molecular formula is C20H21ClN2O7. The molecule has 2 aromatic rings. The van der Waals surface area contributed by atoms with Gasteiger partial charge in [-0.05, 0) is 41.8 Å². The number of benzene rings is 2. The number of nitro groups is 1. The molecule has 1 aliphatic rings. The number of hydrogen-bond acceptors (Lipinski definition) is 7. The number of methoxy groups -OCH3 is 2. The van der Waals surface area contributed by atoms with Crippen molar-refractivity contribution in [2.75, 3.05) is 33.3 Å². The Kier molecular flexibility index (Phi) is 6.61. The summed E-state index contributed by atoms with van der Waals surface area (Å²) >= 11 is 5.66. The third-order valence-electron chi connectivity index (χ3n) is 4.99. The van der Waals surface area contributed by atoms with Crippen LogP contribution in [0.5, 0.6) is 11.5 Å². The Labute approximate surface area is 177 Å². The number of alkyl halides is 1. The molecule has 0 N–H and O–H groups in total. The van der Waals surface area contributed by atoms with Crippen molar-refractivity contribution in [2.24, 2.45) is 0 Å². The second-order valence-corrected chi connectivity index (χ2v) is 7.07. The Bertz CT molecular complexity index is 995.